The first-order valence-corrected chi connectivity index (χ1v) is 7.68. The summed E-state index contributed by atoms with van der Waals surface area (Å²) in [6.45, 7) is 6.58. The molecule has 0 aromatic heterocycles. The smallest absolute Gasteiger partial charge is 0.249 e. The van der Waals surface area contributed by atoms with Gasteiger partial charge in [-0.05, 0) is 37.2 Å². The van der Waals surface area contributed by atoms with Gasteiger partial charge in [-0.1, -0.05) is 6.07 Å². The zero-order valence-corrected chi connectivity index (χ0v) is 9.35. The van der Waals surface area contributed by atoms with Crippen LogP contribution in [0.3, 0.4) is 0 Å². The molecule has 0 unspecified atom stereocenters. The molecule has 0 atom stereocenters. The fourth-order valence-electron chi connectivity index (χ4n) is 1.82. The third-order valence-electron chi connectivity index (χ3n) is 2.51. The van der Waals surface area contributed by atoms with E-state index in [4.69, 9.17) is 10.2 Å². The predicted octanol–water partition coefficient (Wildman–Crippen LogP) is 2.26. The van der Waals surface area contributed by atoms with Gasteiger partial charge in [-0.15, -0.1) is 0 Å². The highest BCUT2D eigenvalue weighted by Crippen LogP contribution is 2.38. The molecule has 0 aliphatic carbocycles. The fraction of sp³-hybridized carbons (Fsp3) is 0.400. The molecule has 0 bridgehead atoms. The van der Waals surface area contributed by atoms with Crippen LogP contribution in [-0.4, -0.2) is 8.32 Å². The minimum atomic E-state index is -1.49. The van der Waals surface area contributed by atoms with Crippen molar-refractivity contribution in [2.75, 3.05) is 5.73 Å². The first-order valence-electron chi connectivity index (χ1n) is 4.56. The number of hydrogen-bond donors (Lipinski definition) is 1. The molecule has 1 aromatic rings. The lowest BCUT2D eigenvalue weighted by atomic mass is 10.1. The van der Waals surface area contributed by atoms with E-state index in [9.17, 15) is 0 Å². The molecule has 0 saturated carbocycles. The maximum absolute atomic E-state index is 5.92. The van der Waals surface area contributed by atoms with E-state index in [-0.39, 0.29) is 0 Å². The normalized spacial score (nSPS) is 18.1. The van der Waals surface area contributed by atoms with E-state index < -0.39 is 8.32 Å². The first kappa shape index (κ1) is 8.63. The molecular formula is C10H15NOSi. The molecule has 0 fully saturated rings. The first-order chi connectivity index (χ1) is 5.99. The topological polar surface area (TPSA) is 35.2 Å². The van der Waals surface area contributed by atoms with Gasteiger partial charge in [0.05, 0.1) is 5.69 Å². The lowest BCUT2D eigenvalue weighted by molar-refractivity contribution is 0.575. The third kappa shape index (κ3) is 1.33. The summed E-state index contributed by atoms with van der Waals surface area (Å²) in [4.78, 5) is 0. The van der Waals surface area contributed by atoms with Gasteiger partial charge in [-0.2, -0.15) is 0 Å². The van der Waals surface area contributed by atoms with E-state index >= 15 is 0 Å². The number of nitrogens with two attached hydrogens (primary N) is 1. The van der Waals surface area contributed by atoms with Gasteiger partial charge in [0.25, 0.3) is 0 Å². The number of nitrogen functional groups attached to an aromatic ring is 1. The Labute approximate surface area is 79.8 Å². The Morgan fingerprint density at radius 2 is 2.08 bits per heavy atom. The zero-order valence-electron chi connectivity index (χ0n) is 8.35. The van der Waals surface area contributed by atoms with Gasteiger partial charge in [0.1, 0.15) is 5.75 Å². The molecule has 0 spiro atoms. The molecule has 1 heterocycles. The molecular weight excluding hydrogens is 178 g/mol. The van der Waals surface area contributed by atoms with Crippen LogP contribution in [0, 0.1) is 6.92 Å². The molecule has 2 nitrogen and oxygen atoms in total. The Bertz CT molecular complexity index is 327. The van der Waals surface area contributed by atoms with Gasteiger partial charge in [-0.25, -0.2) is 0 Å². The second kappa shape index (κ2) is 2.51. The molecule has 0 amide bonds. The summed E-state index contributed by atoms with van der Waals surface area (Å²) >= 11 is 0. The van der Waals surface area contributed by atoms with Gasteiger partial charge in [0, 0.05) is 6.04 Å². The van der Waals surface area contributed by atoms with Crippen LogP contribution < -0.4 is 10.2 Å². The number of aryl methyl sites for hydroxylation is 1. The van der Waals surface area contributed by atoms with E-state index in [1.807, 2.05) is 6.07 Å². The van der Waals surface area contributed by atoms with Crippen LogP contribution in [0.1, 0.15) is 11.1 Å². The van der Waals surface area contributed by atoms with Gasteiger partial charge in [0.15, 0.2) is 0 Å². The molecule has 0 saturated heterocycles. The molecule has 13 heavy (non-hydrogen) atoms. The van der Waals surface area contributed by atoms with Crippen molar-refractivity contribution in [3.05, 3.63) is 23.3 Å². The predicted molar refractivity (Wildman–Crippen MR) is 57.4 cm³/mol. The summed E-state index contributed by atoms with van der Waals surface area (Å²) in [5.74, 6) is 0.955. The van der Waals surface area contributed by atoms with Gasteiger partial charge in [-0.3, -0.25) is 0 Å². The number of benzene rings is 1. The molecule has 2 N–H and O–H groups in total. The quantitative estimate of drug-likeness (QED) is 0.506. The highest BCUT2D eigenvalue weighted by Gasteiger charge is 2.35. The van der Waals surface area contributed by atoms with Crippen molar-refractivity contribution >= 4 is 14.0 Å². The number of rotatable bonds is 0. The highest BCUT2D eigenvalue weighted by atomic mass is 28.4. The van der Waals surface area contributed by atoms with Crippen molar-refractivity contribution in [3.8, 4) is 5.75 Å². The van der Waals surface area contributed by atoms with Crippen LogP contribution in [0.2, 0.25) is 13.1 Å². The Kier molecular flexibility index (Phi) is 1.67. The van der Waals surface area contributed by atoms with Crippen molar-refractivity contribution in [1.29, 1.82) is 0 Å². The highest BCUT2D eigenvalue weighted by molar-refractivity contribution is 6.72. The summed E-state index contributed by atoms with van der Waals surface area (Å²) in [7, 11) is -1.49. The summed E-state index contributed by atoms with van der Waals surface area (Å²) in [6, 6.07) is 5.11. The van der Waals surface area contributed by atoms with Crippen LogP contribution in [0.15, 0.2) is 12.1 Å². The lowest BCUT2D eigenvalue weighted by Gasteiger charge is -2.14. The van der Waals surface area contributed by atoms with E-state index in [1.54, 1.807) is 0 Å². The van der Waals surface area contributed by atoms with E-state index in [0.29, 0.717) is 0 Å². The number of anilines is 1. The average Bonchev–Trinajstić information content (AvgIpc) is 2.35. The van der Waals surface area contributed by atoms with E-state index in [1.165, 1.54) is 11.1 Å². The second-order valence-electron chi connectivity index (χ2n) is 4.32. The van der Waals surface area contributed by atoms with Crippen molar-refractivity contribution in [2.24, 2.45) is 0 Å². The van der Waals surface area contributed by atoms with Crippen molar-refractivity contribution in [3.63, 3.8) is 0 Å². The Morgan fingerprint density at radius 3 is 2.69 bits per heavy atom. The van der Waals surface area contributed by atoms with Gasteiger partial charge in [0.2, 0.25) is 8.32 Å². The number of fused-ring (bicyclic) bond motifs is 1. The second-order valence-corrected chi connectivity index (χ2v) is 8.39. The lowest BCUT2D eigenvalue weighted by Crippen LogP contribution is -2.32. The Hall–Kier alpha value is -0.963. The molecule has 1 aromatic carbocycles. The number of hydrogen-bond acceptors (Lipinski definition) is 2. The van der Waals surface area contributed by atoms with Crippen LogP contribution >= 0.6 is 0 Å². The minimum Gasteiger partial charge on any atom is -0.542 e. The molecule has 3 heteroatoms. The van der Waals surface area contributed by atoms with Crippen molar-refractivity contribution in [2.45, 2.75) is 26.1 Å². The van der Waals surface area contributed by atoms with Crippen molar-refractivity contribution < 1.29 is 4.43 Å². The van der Waals surface area contributed by atoms with E-state index in [2.05, 4.69) is 26.1 Å². The monoisotopic (exact) mass is 193 g/mol. The summed E-state index contributed by atoms with van der Waals surface area (Å²) < 4.78 is 5.92. The van der Waals surface area contributed by atoms with Crippen LogP contribution in [0.25, 0.3) is 0 Å². The molecule has 2 rings (SSSR count). The average molecular weight is 193 g/mol. The van der Waals surface area contributed by atoms with E-state index in [0.717, 1.165) is 17.5 Å². The van der Waals surface area contributed by atoms with Crippen LogP contribution in [0.4, 0.5) is 5.69 Å². The van der Waals surface area contributed by atoms with Gasteiger partial charge < -0.3 is 10.2 Å². The third-order valence-corrected chi connectivity index (χ3v) is 4.47. The molecule has 1 aliphatic heterocycles. The molecule has 1 aliphatic rings. The molecule has 0 radical (unpaired) electrons. The Balaban J connectivity index is 2.56. The van der Waals surface area contributed by atoms with Gasteiger partial charge >= 0.3 is 0 Å². The summed E-state index contributed by atoms with van der Waals surface area (Å²) in [5.41, 5.74) is 9.29. The minimum absolute atomic E-state index is 0.790. The largest absolute Gasteiger partial charge is 0.542 e. The Morgan fingerprint density at radius 1 is 1.38 bits per heavy atom. The zero-order chi connectivity index (χ0) is 9.64. The summed E-state index contributed by atoms with van der Waals surface area (Å²) in [5, 5.41) is 0. The van der Waals surface area contributed by atoms with Crippen molar-refractivity contribution in [1.82, 2.24) is 0 Å². The SMILES string of the molecule is Cc1ccc(N)c2c1C[Si](C)(C)O2. The van der Waals surface area contributed by atoms with Crippen LogP contribution in [-0.2, 0) is 6.04 Å². The standard InChI is InChI=1S/C10H15NOSi/c1-7-4-5-9(11)10-8(7)6-13(2,3)12-10/h4-5H,6,11H2,1-3H3. The summed E-state index contributed by atoms with van der Waals surface area (Å²) in [6.07, 6.45) is 0. The van der Waals surface area contributed by atoms with Crippen LogP contribution in [0.5, 0.6) is 5.75 Å². The maximum Gasteiger partial charge on any atom is 0.249 e. The fourth-order valence-corrected chi connectivity index (χ4v) is 3.98. The molecule has 70 valence electrons. The maximum atomic E-state index is 5.92.